The van der Waals surface area contributed by atoms with Gasteiger partial charge >= 0.3 is 5.69 Å². The molecule has 0 aliphatic carbocycles. The molecule has 0 saturated carbocycles. The van der Waals surface area contributed by atoms with Crippen molar-refractivity contribution >= 4 is 22.5 Å². The Kier molecular flexibility index (Phi) is 7.49. The van der Waals surface area contributed by atoms with Gasteiger partial charge in [-0.05, 0) is 31.0 Å². The fourth-order valence-corrected chi connectivity index (χ4v) is 4.31. The average molecular weight is 500 g/mol. The first-order valence-corrected chi connectivity index (χ1v) is 11.4. The Balaban J connectivity index is 1.77. The van der Waals surface area contributed by atoms with Crippen LogP contribution < -0.4 is 35.5 Å². The van der Waals surface area contributed by atoms with Gasteiger partial charge < -0.3 is 29.0 Å². The molecule has 3 aromatic rings. The molecule has 1 fully saturated rings. The standard InChI is InChI=1S/C25H29N3O8/c1-32-19-8-7-15(10-20(19)33-2)26-23(29)14-27-18-12-22(35-4)21(34-3)11-17(18)24(30)28(25(27)31)13-16-6-5-9-36-16/h7-8,10-12,16H,5-6,9,13-14H2,1-4H3,(H,26,29)/t16-/m1/s1. The minimum Gasteiger partial charge on any atom is -0.493 e. The average Bonchev–Trinajstić information content (AvgIpc) is 3.41. The molecule has 0 unspecified atom stereocenters. The maximum atomic E-state index is 13.5. The number of methoxy groups -OCH3 is 4. The van der Waals surface area contributed by atoms with Crippen LogP contribution in [0.2, 0.25) is 0 Å². The lowest BCUT2D eigenvalue weighted by Crippen LogP contribution is -2.43. The molecule has 11 nitrogen and oxygen atoms in total. The van der Waals surface area contributed by atoms with Crippen molar-refractivity contribution in [3.05, 3.63) is 51.2 Å². The van der Waals surface area contributed by atoms with Gasteiger partial charge in [0.2, 0.25) is 5.91 Å². The van der Waals surface area contributed by atoms with Gasteiger partial charge in [-0.1, -0.05) is 0 Å². The lowest BCUT2D eigenvalue weighted by atomic mass is 10.2. The van der Waals surface area contributed by atoms with E-state index in [-0.39, 0.29) is 30.1 Å². The topological polar surface area (TPSA) is 119 Å². The maximum Gasteiger partial charge on any atom is 0.332 e. The number of amides is 1. The van der Waals surface area contributed by atoms with Crippen molar-refractivity contribution in [3.63, 3.8) is 0 Å². The second-order valence-corrected chi connectivity index (χ2v) is 8.26. The van der Waals surface area contributed by atoms with Crippen molar-refractivity contribution in [1.29, 1.82) is 0 Å². The highest BCUT2D eigenvalue weighted by atomic mass is 16.5. The number of aromatic nitrogens is 2. The Morgan fingerprint density at radius 2 is 1.61 bits per heavy atom. The molecule has 0 radical (unpaired) electrons. The van der Waals surface area contributed by atoms with Crippen LogP contribution in [0.5, 0.6) is 23.0 Å². The molecule has 1 aromatic heterocycles. The highest BCUT2D eigenvalue weighted by molar-refractivity contribution is 5.92. The second-order valence-electron chi connectivity index (χ2n) is 8.26. The third-order valence-electron chi connectivity index (χ3n) is 6.11. The summed E-state index contributed by atoms with van der Waals surface area (Å²) in [5.74, 6) is 1.16. The number of anilines is 1. The molecule has 0 spiro atoms. The van der Waals surface area contributed by atoms with E-state index in [1.165, 1.54) is 45.1 Å². The van der Waals surface area contributed by atoms with Gasteiger partial charge in [-0.3, -0.25) is 18.7 Å². The summed E-state index contributed by atoms with van der Waals surface area (Å²) in [6.45, 7) is 0.337. The van der Waals surface area contributed by atoms with Gasteiger partial charge in [0.05, 0.1) is 52.0 Å². The Labute approximate surface area is 207 Å². The van der Waals surface area contributed by atoms with Crippen LogP contribution in [0.15, 0.2) is 39.9 Å². The molecule has 36 heavy (non-hydrogen) atoms. The van der Waals surface area contributed by atoms with Crippen molar-refractivity contribution in [2.75, 3.05) is 40.4 Å². The van der Waals surface area contributed by atoms with Crippen LogP contribution in [0, 0.1) is 0 Å². The number of benzene rings is 2. The number of nitrogens with zero attached hydrogens (tertiary/aromatic N) is 2. The maximum absolute atomic E-state index is 13.5. The lowest BCUT2D eigenvalue weighted by Gasteiger charge is -2.18. The number of carbonyl (C=O) groups is 1. The smallest absolute Gasteiger partial charge is 0.332 e. The SMILES string of the molecule is COc1ccc(NC(=O)Cn2c(=O)n(C[C@H]3CCCO3)c(=O)c3cc(OC)c(OC)cc32)cc1OC. The van der Waals surface area contributed by atoms with Gasteiger partial charge in [0.15, 0.2) is 23.0 Å². The predicted molar refractivity (Wildman–Crippen MR) is 133 cm³/mol. The summed E-state index contributed by atoms with van der Waals surface area (Å²) in [5.41, 5.74) is -0.378. The number of hydrogen-bond acceptors (Lipinski definition) is 8. The minimum absolute atomic E-state index is 0.0965. The molecular weight excluding hydrogens is 470 g/mol. The van der Waals surface area contributed by atoms with E-state index >= 15 is 0 Å². The molecule has 2 heterocycles. The van der Waals surface area contributed by atoms with E-state index in [0.717, 1.165) is 17.4 Å². The Bertz CT molecular complexity index is 1390. The predicted octanol–water partition coefficient (Wildman–Crippen LogP) is 2.02. The summed E-state index contributed by atoms with van der Waals surface area (Å²) in [5, 5.41) is 2.99. The number of carbonyl (C=O) groups excluding carboxylic acids is 1. The summed E-state index contributed by atoms with van der Waals surface area (Å²) >= 11 is 0. The molecule has 1 amide bonds. The molecule has 1 aliphatic heterocycles. The third kappa shape index (κ3) is 4.87. The molecule has 1 aliphatic rings. The normalized spacial score (nSPS) is 15.1. The zero-order chi connectivity index (χ0) is 25.8. The van der Waals surface area contributed by atoms with E-state index in [9.17, 15) is 14.4 Å². The van der Waals surface area contributed by atoms with Gasteiger partial charge in [0, 0.05) is 24.4 Å². The van der Waals surface area contributed by atoms with Crippen molar-refractivity contribution in [2.45, 2.75) is 32.0 Å². The molecule has 192 valence electrons. The monoisotopic (exact) mass is 499 g/mol. The molecule has 4 rings (SSSR count). The zero-order valence-corrected chi connectivity index (χ0v) is 20.7. The summed E-state index contributed by atoms with van der Waals surface area (Å²) in [6, 6.07) is 7.98. The number of fused-ring (bicyclic) bond motifs is 1. The number of hydrogen-bond donors (Lipinski definition) is 1. The van der Waals surface area contributed by atoms with E-state index in [2.05, 4.69) is 5.32 Å². The van der Waals surface area contributed by atoms with Crippen LogP contribution in [-0.2, 0) is 22.6 Å². The highest BCUT2D eigenvalue weighted by Crippen LogP contribution is 2.31. The van der Waals surface area contributed by atoms with E-state index in [1.807, 2.05) is 0 Å². The first kappa shape index (κ1) is 25.1. The van der Waals surface area contributed by atoms with Crippen molar-refractivity contribution in [1.82, 2.24) is 9.13 Å². The number of rotatable bonds is 9. The van der Waals surface area contributed by atoms with Crippen LogP contribution in [-0.4, -0.2) is 56.2 Å². The zero-order valence-electron chi connectivity index (χ0n) is 20.7. The van der Waals surface area contributed by atoms with Crippen molar-refractivity contribution in [2.24, 2.45) is 0 Å². The van der Waals surface area contributed by atoms with E-state index in [1.54, 1.807) is 18.2 Å². The van der Waals surface area contributed by atoms with Crippen LogP contribution in [0.3, 0.4) is 0 Å². The van der Waals surface area contributed by atoms with E-state index in [0.29, 0.717) is 35.3 Å². The summed E-state index contributed by atoms with van der Waals surface area (Å²) in [4.78, 5) is 39.9. The molecule has 11 heteroatoms. The number of ether oxygens (including phenoxy) is 5. The summed E-state index contributed by atoms with van der Waals surface area (Å²) in [7, 11) is 5.92. The fourth-order valence-electron chi connectivity index (χ4n) is 4.31. The van der Waals surface area contributed by atoms with E-state index < -0.39 is 17.2 Å². The first-order valence-electron chi connectivity index (χ1n) is 11.4. The van der Waals surface area contributed by atoms with Crippen LogP contribution >= 0.6 is 0 Å². The van der Waals surface area contributed by atoms with Gasteiger partial charge in [0.1, 0.15) is 6.54 Å². The van der Waals surface area contributed by atoms with E-state index in [4.69, 9.17) is 23.7 Å². The van der Waals surface area contributed by atoms with Crippen molar-refractivity contribution < 1.29 is 28.5 Å². The molecule has 1 atom stereocenters. The molecule has 1 saturated heterocycles. The van der Waals surface area contributed by atoms with Crippen LogP contribution in [0.1, 0.15) is 12.8 Å². The van der Waals surface area contributed by atoms with Gasteiger partial charge in [-0.2, -0.15) is 0 Å². The molecule has 0 bridgehead atoms. The molecule has 1 N–H and O–H groups in total. The second kappa shape index (κ2) is 10.7. The quantitative estimate of drug-likeness (QED) is 0.475. The minimum atomic E-state index is -0.613. The Morgan fingerprint density at radius 3 is 2.25 bits per heavy atom. The summed E-state index contributed by atoms with van der Waals surface area (Å²) < 4.78 is 29.3. The Hall–Kier alpha value is -3.99. The molecule has 2 aromatic carbocycles. The van der Waals surface area contributed by atoms with Gasteiger partial charge in [0.25, 0.3) is 5.56 Å². The van der Waals surface area contributed by atoms with Gasteiger partial charge in [-0.25, -0.2) is 4.79 Å². The third-order valence-corrected chi connectivity index (χ3v) is 6.11. The van der Waals surface area contributed by atoms with Crippen LogP contribution in [0.25, 0.3) is 10.9 Å². The highest BCUT2D eigenvalue weighted by Gasteiger charge is 2.23. The first-order chi connectivity index (χ1) is 17.4. The number of nitrogens with one attached hydrogen (secondary N) is 1. The summed E-state index contributed by atoms with van der Waals surface area (Å²) in [6.07, 6.45) is 1.36. The largest absolute Gasteiger partial charge is 0.493 e. The fraction of sp³-hybridized carbons (Fsp3) is 0.400. The van der Waals surface area contributed by atoms with Gasteiger partial charge in [-0.15, -0.1) is 0 Å². The van der Waals surface area contributed by atoms with Crippen molar-refractivity contribution in [3.8, 4) is 23.0 Å². The van der Waals surface area contributed by atoms with Crippen LogP contribution in [0.4, 0.5) is 5.69 Å². The lowest BCUT2D eigenvalue weighted by molar-refractivity contribution is -0.116. The molecular formula is C25H29N3O8. The Morgan fingerprint density at radius 1 is 0.944 bits per heavy atom.